The molecule has 1 aromatic rings. The number of hydrogen-bond acceptors (Lipinski definition) is 6. The Morgan fingerprint density at radius 2 is 1.75 bits per heavy atom. The first kappa shape index (κ1) is 15.1. The molecule has 1 saturated carbocycles. The van der Waals surface area contributed by atoms with Crippen LogP contribution >= 0.6 is 0 Å². The van der Waals surface area contributed by atoms with Gasteiger partial charge in [0.25, 0.3) is 0 Å². The highest BCUT2D eigenvalue weighted by atomic mass is 16.5. The summed E-state index contributed by atoms with van der Waals surface area (Å²) >= 11 is 0. The van der Waals surface area contributed by atoms with Crippen LogP contribution in [0.25, 0.3) is 0 Å². The summed E-state index contributed by atoms with van der Waals surface area (Å²) < 4.78 is 5.60. The second-order valence-corrected chi connectivity index (χ2v) is 5.22. The normalized spacial score (nSPS) is 35.0. The van der Waals surface area contributed by atoms with Crippen molar-refractivity contribution in [2.24, 2.45) is 11.8 Å². The Bertz CT molecular complexity index is 432. The van der Waals surface area contributed by atoms with Crippen molar-refractivity contribution in [3.05, 3.63) is 24.3 Å². The molecule has 0 saturated heterocycles. The van der Waals surface area contributed by atoms with E-state index in [9.17, 15) is 25.5 Å². The fourth-order valence-electron chi connectivity index (χ4n) is 2.78. The lowest BCUT2D eigenvalue weighted by molar-refractivity contribution is -0.0305. The van der Waals surface area contributed by atoms with Gasteiger partial charge in [-0.1, -0.05) is 0 Å². The van der Waals surface area contributed by atoms with Crippen LogP contribution in [-0.2, 0) is 0 Å². The molecule has 6 unspecified atom stereocenters. The fraction of sp³-hybridized carbons (Fsp3) is 0.571. The van der Waals surface area contributed by atoms with Crippen LogP contribution in [0.2, 0.25) is 0 Å². The van der Waals surface area contributed by atoms with E-state index >= 15 is 0 Å². The van der Waals surface area contributed by atoms with Gasteiger partial charge in [0.1, 0.15) is 17.6 Å². The summed E-state index contributed by atoms with van der Waals surface area (Å²) in [5.41, 5.74) is 0. The number of hydrogen-bond donors (Lipinski definition) is 5. The molecule has 0 spiro atoms. The topological polar surface area (TPSA) is 110 Å². The number of benzene rings is 1. The van der Waals surface area contributed by atoms with Gasteiger partial charge >= 0.3 is 0 Å². The van der Waals surface area contributed by atoms with Gasteiger partial charge in [0.2, 0.25) is 0 Å². The third-order valence-corrected chi connectivity index (χ3v) is 3.86. The molecule has 20 heavy (non-hydrogen) atoms. The van der Waals surface area contributed by atoms with E-state index in [1.165, 1.54) is 31.2 Å². The van der Waals surface area contributed by atoms with E-state index in [0.29, 0.717) is 5.75 Å². The molecule has 0 heterocycles. The zero-order chi connectivity index (χ0) is 14.9. The molecular weight excluding hydrogens is 264 g/mol. The first-order chi connectivity index (χ1) is 9.45. The third-order valence-electron chi connectivity index (χ3n) is 3.86. The number of aromatic hydroxyl groups is 1. The van der Waals surface area contributed by atoms with Crippen molar-refractivity contribution < 1.29 is 30.3 Å². The molecule has 1 aliphatic rings. The Morgan fingerprint density at radius 3 is 2.25 bits per heavy atom. The minimum atomic E-state index is -1.09. The summed E-state index contributed by atoms with van der Waals surface area (Å²) in [6, 6.07) is 5.93. The molecule has 1 aliphatic carbocycles. The lowest BCUT2D eigenvalue weighted by atomic mass is 9.96. The molecule has 1 aromatic carbocycles. The van der Waals surface area contributed by atoms with Gasteiger partial charge in [0, 0.05) is 11.8 Å². The largest absolute Gasteiger partial charge is 0.508 e. The molecule has 6 nitrogen and oxygen atoms in total. The molecule has 0 aliphatic heterocycles. The second-order valence-electron chi connectivity index (χ2n) is 5.22. The van der Waals surface area contributed by atoms with Crippen LogP contribution in [0.4, 0.5) is 0 Å². The second kappa shape index (κ2) is 5.97. The lowest BCUT2D eigenvalue weighted by Crippen LogP contribution is -2.37. The maximum atomic E-state index is 10.2. The summed E-state index contributed by atoms with van der Waals surface area (Å²) in [6.07, 6.45) is -3.87. The van der Waals surface area contributed by atoms with Crippen LogP contribution in [0, 0.1) is 11.8 Å². The highest BCUT2D eigenvalue weighted by Crippen LogP contribution is 2.37. The Labute approximate surface area is 116 Å². The number of rotatable bonds is 4. The fourth-order valence-corrected chi connectivity index (χ4v) is 2.78. The molecule has 0 radical (unpaired) electrons. The maximum absolute atomic E-state index is 10.2. The average molecular weight is 284 g/mol. The Morgan fingerprint density at radius 1 is 1.15 bits per heavy atom. The SMILES string of the molecule is CC(O)C1C(O)C(CO)C(Oc2ccc(O)cc2)C1O. The van der Waals surface area contributed by atoms with Gasteiger partial charge < -0.3 is 30.3 Å². The summed E-state index contributed by atoms with van der Waals surface area (Å²) in [5.74, 6) is -0.957. The molecule has 5 N–H and O–H groups in total. The number of aliphatic hydroxyl groups is 4. The van der Waals surface area contributed by atoms with Crippen LogP contribution in [0.1, 0.15) is 6.92 Å². The van der Waals surface area contributed by atoms with Crippen molar-refractivity contribution in [3.63, 3.8) is 0 Å². The van der Waals surface area contributed by atoms with E-state index in [4.69, 9.17) is 4.74 Å². The van der Waals surface area contributed by atoms with Crippen molar-refractivity contribution in [1.29, 1.82) is 0 Å². The van der Waals surface area contributed by atoms with E-state index in [-0.39, 0.29) is 12.4 Å². The van der Waals surface area contributed by atoms with Gasteiger partial charge in [-0.3, -0.25) is 0 Å². The highest BCUT2D eigenvalue weighted by molar-refractivity contribution is 5.30. The Hall–Kier alpha value is -1.34. The van der Waals surface area contributed by atoms with Crippen LogP contribution in [0.3, 0.4) is 0 Å². The standard InChI is InChI=1S/C14H20O6/c1-7(16)11-12(18)10(6-15)14(13(11)19)20-9-4-2-8(17)3-5-9/h2-5,7,10-19H,6H2,1H3. The van der Waals surface area contributed by atoms with Gasteiger partial charge in [-0.15, -0.1) is 0 Å². The summed E-state index contributed by atoms with van der Waals surface area (Å²) in [5, 5.41) is 48.5. The van der Waals surface area contributed by atoms with Crippen molar-refractivity contribution in [1.82, 2.24) is 0 Å². The summed E-state index contributed by atoms with van der Waals surface area (Å²) in [4.78, 5) is 0. The van der Waals surface area contributed by atoms with Crippen molar-refractivity contribution in [2.45, 2.75) is 31.3 Å². The van der Waals surface area contributed by atoms with Crippen LogP contribution in [0.5, 0.6) is 11.5 Å². The summed E-state index contributed by atoms with van der Waals surface area (Å²) in [6.45, 7) is 1.12. The third kappa shape index (κ3) is 2.73. The average Bonchev–Trinajstić information content (AvgIpc) is 2.63. The summed E-state index contributed by atoms with van der Waals surface area (Å²) in [7, 11) is 0. The molecule has 112 valence electrons. The van der Waals surface area contributed by atoms with Gasteiger partial charge in [-0.25, -0.2) is 0 Å². The van der Waals surface area contributed by atoms with E-state index in [1.807, 2.05) is 0 Å². The van der Waals surface area contributed by atoms with Crippen molar-refractivity contribution in [2.75, 3.05) is 6.61 Å². The van der Waals surface area contributed by atoms with Crippen LogP contribution in [0.15, 0.2) is 24.3 Å². The Kier molecular flexibility index (Phi) is 4.49. The molecule has 0 bridgehead atoms. The molecular formula is C14H20O6. The van der Waals surface area contributed by atoms with Crippen molar-refractivity contribution in [3.8, 4) is 11.5 Å². The predicted octanol–water partition coefficient (Wildman–Crippen LogP) is -0.520. The van der Waals surface area contributed by atoms with Crippen molar-refractivity contribution >= 4 is 0 Å². The number of phenolic OH excluding ortho intramolecular Hbond substituents is 1. The molecule has 0 amide bonds. The number of phenols is 1. The smallest absolute Gasteiger partial charge is 0.132 e. The predicted molar refractivity (Wildman–Crippen MR) is 70.3 cm³/mol. The monoisotopic (exact) mass is 284 g/mol. The molecule has 0 aromatic heterocycles. The minimum Gasteiger partial charge on any atom is -0.508 e. The van der Waals surface area contributed by atoms with E-state index in [0.717, 1.165) is 0 Å². The van der Waals surface area contributed by atoms with Gasteiger partial charge in [-0.2, -0.15) is 0 Å². The van der Waals surface area contributed by atoms with E-state index < -0.39 is 36.3 Å². The van der Waals surface area contributed by atoms with Gasteiger partial charge in [-0.05, 0) is 31.2 Å². The first-order valence-corrected chi connectivity index (χ1v) is 6.56. The molecule has 6 atom stereocenters. The minimum absolute atomic E-state index is 0.0879. The molecule has 1 fully saturated rings. The zero-order valence-electron chi connectivity index (χ0n) is 11.1. The van der Waals surface area contributed by atoms with E-state index in [1.54, 1.807) is 0 Å². The zero-order valence-corrected chi connectivity index (χ0v) is 11.1. The van der Waals surface area contributed by atoms with Gasteiger partial charge in [0.05, 0.1) is 24.9 Å². The molecule has 6 heteroatoms. The highest BCUT2D eigenvalue weighted by Gasteiger charge is 2.52. The lowest BCUT2D eigenvalue weighted by Gasteiger charge is -2.23. The Balaban J connectivity index is 2.18. The van der Waals surface area contributed by atoms with Crippen LogP contribution < -0.4 is 4.74 Å². The quantitative estimate of drug-likeness (QED) is 0.509. The maximum Gasteiger partial charge on any atom is 0.132 e. The number of aliphatic hydroxyl groups excluding tert-OH is 4. The van der Waals surface area contributed by atoms with E-state index in [2.05, 4.69) is 0 Å². The molecule has 2 rings (SSSR count). The number of ether oxygens (including phenoxy) is 1. The first-order valence-electron chi connectivity index (χ1n) is 6.56. The van der Waals surface area contributed by atoms with Crippen LogP contribution in [-0.4, -0.2) is 56.6 Å². The van der Waals surface area contributed by atoms with Gasteiger partial charge in [0.15, 0.2) is 0 Å².